The molecule has 0 radical (unpaired) electrons. The highest BCUT2D eigenvalue weighted by molar-refractivity contribution is 5.98. The second-order valence-corrected chi connectivity index (χ2v) is 5.93. The van der Waals surface area contributed by atoms with Crippen molar-refractivity contribution in [3.05, 3.63) is 41.7 Å². The molecule has 0 fully saturated rings. The fraction of sp³-hybridized carbons (Fsp3) is 0.294. The van der Waals surface area contributed by atoms with E-state index in [1.165, 1.54) is 0 Å². The number of Topliss-reactive ketones (excluding diaryl/α,β-unsaturated/α-hetero) is 1. The molecule has 23 heavy (non-hydrogen) atoms. The van der Waals surface area contributed by atoms with Gasteiger partial charge in [-0.2, -0.15) is 9.50 Å². The SMILES string of the molecule is COc1ccc(-c2nc3ncc4c(n3n2)CC(C)CC4=O)cc1. The number of ketones is 1. The zero-order valence-corrected chi connectivity index (χ0v) is 13.0. The summed E-state index contributed by atoms with van der Waals surface area (Å²) >= 11 is 0. The van der Waals surface area contributed by atoms with E-state index >= 15 is 0 Å². The Morgan fingerprint density at radius 2 is 2.00 bits per heavy atom. The number of hydrogen-bond donors (Lipinski definition) is 0. The summed E-state index contributed by atoms with van der Waals surface area (Å²) in [5.41, 5.74) is 2.47. The molecule has 0 aliphatic heterocycles. The normalized spacial score (nSPS) is 17.3. The van der Waals surface area contributed by atoms with Crippen LogP contribution in [0.5, 0.6) is 5.75 Å². The van der Waals surface area contributed by atoms with Gasteiger partial charge in [0.1, 0.15) is 5.75 Å². The van der Waals surface area contributed by atoms with Crippen LogP contribution in [0.4, 0.5) is 0 Å². The Morgan fingerprint density at radius 3 is 2.74 bits per heavy atom. The van der Waals surface area contributed by atoms with Crippen LogP contribution in [0.1, 0.15) is 29.4 Å². The maximum Gasteiger partial charge on any atom is 0.252 e. The molecule has 0 spiro atoms. The minimum atomic E-state index is 0.134. The van der Waals surface area contributed by atoms with E-state index in [1.54, 1.807) is 17.8 Å². The van der Waals surface area contributed by atoms with Crippen LogP contribution < -0.4 is 4.74 Å². The Labute approximate surface area is 133 Å². The third kappa shape index (κ3) is 2.27. The number of carbonyl (C=O) groups excluding carboxylic acids is 1. The van der Waals surface area contributed by atoms with Crippen molar-refractivity contribution in [2.45, 2.75) is 19.8 Å². The minimum absolute atomic E-state index is 0.134. The molecule has 3 aromatic rings. The highest BCUT2D eigenvalue weighted by atomic mass is 16.5. The number of fused-ring (bicyclic) bond motifs is 3. The van der Waals surface area contributed by atoms with E-state index in [-0.39, 0.29) is 5.78 Å². The van der Waals surface area contributed by atoms with Gasteiger partial charge in [-0.15, -0.1) is 5.10 Å². The van der Waals surface area contributed by atoms with E-state index in [1.807, 2.05) is 24.3 Å². The summed E-state index contributed by atoms with van der Waals surface area (Å²) < 4.78 is 6.88. The lowest BCUT2D eigenvalue weighted by molar-refractivity contribution is 0.0951. The zero-order chi connectivity index (χ0) is 16.0. The third-order valence-electron chi connectivity index (χ3n) is 4.19. The molecular weight excluding hydrogens is 292 g/mol. The molecule has 1 aliphatic rings. The van der Waals surface area contributed by atoms with Crippen molar-refractivity contribution in [2.75, 3.05) is 7.11 Å². The lowest BCUT2D eigenvalue weighted by Gasteiger charge is -2.19. The largest absolute Gasteiger partial charge is 0.497 e. The molecular formula is C17H16N4O2. The van der Waals surface area contributed by atoms with Crippen molar-refractivity contribution in [2.24, 2.45) is 5.92 Å². The predicted molar refractivity (Wildman–Crippen MR) is 84.6 cm³/mol. The molecule has 2 heterocycles. The summed E-state index contributed by atoms with van der Waals surface area (Å²) in [6.45, 7) is 2.08. The standard InChI is InChI=1S/C17H16N4O2/c1-10-7-14-13(15(22)8-10)9-18-17-19-16(20-21(14)17)11-3-5-12(23-2)6-4-11/h3-6,9-10H,7-8H2,1-2H3. The molecule has 0 amide bonds. The molecule has 0 saturated heterocycles. The maximum atomic E-state index is 12.2. The Kier molecular flexibility index (Phi) is 3.11. The number of aromatic nitrogens is 4. The van der Waals surface area contributed by atoms with Crippen molar-refractivity contribution in [1.82, 2.24) is 19.6 Å². The van der Waals surface area contributed by atoms with Gasteiger partial charge in [0.25, 0.3) is 5.78 Å². The van der Waals surface area contributed by atoms with Gasteiger partial charge in [0.15, 0.2) is 11.6 Å². The fourth-order valence-corrected chi connectivity index (χ4v) is 3.00. The van der Waals surface area contributed by atoms with Gasteiger partial charge in [0, 0.05) is 18.2 Å². The smallest absolute Gasteiger partial charge is 0.252 e. The van der Waals surface area contributed by atoms with Crippen LogP contribution in [0, 0.1) is 5.92 Å². The van der Waals surface area contributed by atoms with Gasteiger partial charge in [-0.3, -0.25) is 4.79 Å². The van der Waals surface area contributed by atoms with E-state index in [0.29, 0.717) is 29.5 Å². The molecule has 116 valence electrons. The number of methoxy groups -OCH3 is 1. The molecule has 1 aromatic carbocycles. The minimum Gasteiger partial charge on any atom is -0.497 e. The summed E-state index contributed by atoms with van der Waals surface area (Å²) in [4.78, 5) is 21.0. The van der Waals surface area contributed by atoms with Crippen LogP contribution in [-0.4, -0.2) is 32.5 Å². The Morgan fingerprint density at radius 1 is 1.22 bits per heavy atom. The van der Waals surface area contributed by atoms with Gasteiger partial charge >= 0.3 is 0 Å². The third-order valence-corrected chi connectivity index (χ3v) is 4.19. The van der Waals surface area contributed by atoms with Crippen molar-refractivity contribution >= 4 is 11.6 Å². The molecule has 0 bridgehead atoms. The fourth-order valence-electron chi connectivity index (χ4n) is 3.00. The number of carbonyl (C=O) groups is 1. The second-order valence-electron chi connectivity index (χ2n) is 5.93. The van der Waals surface area contributed by atoms with Gasteiger partial charge in [-0.25, -0.2) is 4.98 Å². The Hall–Kier alpha value is -2.76. The van der Waals surface area contributed by atoms with Gasteiger partial charge in [0.2, 0.25) is 0 Å². The summed E-state index contributed by atoms with van der Waals surface area (Å²) in [5.74, 6) is 2.35. The first-order chi connectivity index (χ1) is 11.2. The highest BCUT2D eigenvalue weighted by Gasteiger charge is 2.26. The second kappa shape index (κ2) is 5.15. The number of benzene rings is 1. The van der Waals surface area contributed by atoms with Crippen molar-refractivity contribution < 1.29 is 9.53 Å². The van der Waals surface area contributed by atoms with Crippen LogP contribution in [0.2, 0.25) is 0 Å². The van der Waals surface area contributed by atoms with Crippen molar-refractivity contribution in [3.8, 4) is 17.1 Å². The van der Waals surface area contributed by atoms with E-state index < -0.39 is 0 Å². The van der Waals surface area contributed by atoms with Crippen molar-refractivity contribution in [1.29, 1.82) is 0 Å². The molecule has 1 aliphatic carbocycles. The molecule has 4 rings (SSSR count). The first-order valence-corrected chi connectivity index (χ1v) is 7.58. The van der Waals surface area contributed by atoms with Gasteiger partial charge in [-0.05, 0) is 36.6 Å². The van der Waals surface area contributed by atoms with Crippen LogP contribution in [0.25, 0.3) is 17.2 Å². The lowest BCUT2D eigenvalue weighted by atomic mass is 9.88. The van der Waals surface area contributed by atoms with Crippen LogP contribution in [-0.2, 0) is 6.42 Å². The number of rotatable bonds is 2. The van der Waals surface area contributed by atoms with Gasteiger partial charge in [-0.1, -0.05) is 6.92 Å². The summed E-state index contributed by atoms with van der Waals surface area (Å²) in [5, 5.41) is 4.57. The molecule has 1 unspecified atom stereocenters. The maximum absolute atomic E-state index is 12.2. The molecule has 0 saturated carbocycles. The molecule has 6 nitrogen and oxygen atoms in total. The average Bonchev–Trinajstić information content (AvgIpc) is 2.99. The Bertz CT molecular complexity index is 899. The summed E-state index contributed by atoms with van der Waals surface area (Å²) in [7, 11) is 1.63. The Balaban J connectivity index is 1.84. The van der Waals surface area contributed by atoms with Gasteiger partial charge in [0.05, 0.1) is 18.4 Å². The zero-order valence-electron chi connectivity index (χ0n) is 13.0. The first kappa shape index (κ1) is 13.9. The number of ether oxygens (including phenoxy) is 1. The molecule has 2 aromatic heterocycles. The highest BCUT2D eigenvalue weighted by Crippen LogP contribution is 2.26. The van der Waals surface area contributed by atoms with Gasteiger partial charge < -0.3 is 4.74 Å². The lowest BCUT2D eigenvalue weighted by Crippen LogP contribution is -2.21. The van der Waals surface area contributed by atoms with E-state index in [0.717, 1.165) is 23.4 Å². The van der Waals surface area contributed by atoms with E-state index in [4.69, 9.17) is 4.74 Å². The first-order valence-electron chi connectivity index (χ1n) is 7.58. The topological polar surface area (TPSA) is 69.4 Å². The summed E-state index contributed by atoms with van der Waals surface area (Å²) in [6.07, 6.45) is 3.01. The quantitative estimate of drug-likeness (QED) is 0.727. The summed E-state index contributed by atoms with van der Waals surface area (Å²) in [6, 6.07) is 7.56. The molecule has 1 atom stereocenters. The van der Waals surface area contributed by atoms with Crippen LogP contribution in [0.15, 0.2) is 30.5 Å². The van der Waals surface area contributed by atoms with Crippen molar-refractivity contribution in [3.63, 3.8) is 0 Å². The van der Waals surface area contributed by atoms with Crippen LogP contribution in [0.3, 0.4) is 0 Å². The molecule has 6 heteroatoms. The number of hydrogen-bond acceptors (Lipinski definition) is 5. The molecule has 0 N–H and O–H groups in total. The monoisotopic (exact) mass is 308 g/mol. The average molecular weight is 308 g/mol. The predicted octanol–water partition coefficient (Wildman–Crippen LogP) is 2.56. The van der Waals surface area contributed by atoms with E-state index in [9.17, 15) is 4.79 Å². The van der Waals surface area contributed by atoms with Crippen LogP contribution >= 0.6 is 0 Å². The number of nitrogens with zero attached hydrogens (tertiary/aromatic N) is 4. The van der Waals surface area contributed by atoms with E-state index in [2.05, 4.69) is 22.0 Å².